The Kier molecular flexibility index (Phi) is 11.1. The number of halogens is 1. The number of hydrogen-bond donors (Lipinski definition) is 2. The van der Waals surface area contributed by atoms with Gasteiger partial charge in [0.15, 0.2) is 15.8 Å². The molecule has 0 heterocycles. The first-order chi connectivity index (χ1) is 14.2. The molecule has 0 aromatic heterocycles. The molecule has 2 aromatic rings. The van der Waals surface area contributed by atoms with Crippen molar-refractivity contribution < 1.29 is 17.9 Å². The normalized spacial score (nSPS) is 12.5. The predicted octanol–water partition coefficient (Wildman–Crippen LogP) is 3.55. The van der Waals surface area contributed by atoms with Crippen LogP contribution in [-0.2, 0) is 16.4 Å². The van der Waals surface area contributed by atoms with E-state index in [1.807, 2.05) is 44.2 Å². The minimum atomic E-state index is -3.22. The molecular formula is C22H32IN3O4S. The minimum absolute atomic E-state index is 0. The molecule has 31 heavy (non-hydrogen) atoms. The quantitative estimate of drug-likeness (QED) is 0.277. The Labute approximate surface area is 202 Å². The standard InChI is InChI=1S/C22H31N3O4S.HI/c1-6-23-22(24-14-17(3)29-20-10-8-19(28-4)9-11-20)25-15-18-7-12-21(16(2)13-18)30(5,26)27;/h7-13,17H,6,14-15H2,1-5H3,(H2,23,24,25);1H. The molecule has 172 valence electrons. The number of rotatable bonds is 9. The van der Waals surface area contributed by atoms with Crippen LogP contribution in [0.4, 0.5) is 0 Å². The molecule has 0 amide bonds. The van der Waals surface area contributed by atoms with Crippen molar-refractivity contribution in [1.82, 2.24) is 10.6 Å². The maximum absolute atomic E-state index is 11.8. The van der Waals surface area contributed by atoms with E-state index in [-0.39, 0.29) is 30.1 Å². The van der Waals surface area contributed by atoms with E-state index in [4.69, 9.17) is 9.47 Å². The molecule has 7 nitrogen and oxygen atoms in total. The van der Waals surface area contributed by atoms with Crippen LogP contribution in [0.5, 0.6) is 11.5 Å². The molecule has 0 saturated heterocycles. The van der Waals surface area contributed by atoms with Crippen molar-refractivity contribution in [3.05, 3.63) is 53.6 Å². The Morgan fingerprint density at radius 3 is 2.29 bits per heavy atom. The summed E-state index contributed by atoms with van der Waals surface area (Å²) in [5, 5.41) is 6.49. The lowest BCUT2D eigenvalue weighted by Crippen LogP contribution is -2.41. The summed E-state index contributed by atoms with van der Waals surface area (Å²) in [7, 11) is -1.59. The highest BCUT2D eigenvalue weighted by molar-refractivity contribution is 14.0. The first kappa shape index (κ1) is 27.0. The van der Waals surface area contributed by atoms with Crippen molar-refractivity contribution >= 4 is 39.8 Å². The molecule has 0 aliphatic carbocycles. The number of ether oxygens (including phenoxy) is 2. The van der Waals surface area contributed by atoms with Gasteiger partial charge in [-0.2, -0.15) is 0 Å². The van der Waals surface area contributed by atoms with Crippen molar-refractivity contribution in [2.24, 2.45) is 4.99 Å². The van der Waals surface area contributed by atoms with E-state index in [9.17, 15) is 8.42 Å². The monoisotopic (exact) mass is 561 g/mol. The zero-order valence-corrected chi connectivity index (χ0v) is 21.8. The Hall–Kier alpha value is -2.01. The number of guanidine groups is 1. The van der Waals surface area contributed by atoms with Gasteiger partial charge in [0.25, 0.3) is 0 Å². The van der Waals surface area contributed by atoms with Crippen LogP contribution in [0.2, 0.25) is 0 Å². The third kappa shape index (κ3) is 8.94. The third-order valence-corrected chi connectivity index (χ3v) is 5.61. The summed E-state index contributed by atoms with van der Waals surface area (Å²) >= 11 is 0. The van der Waals surface area contributed by atoms with Crippen LogP contribution < -0.4 is 20.1 Å². The molecule has 2 N–H and O–H groups in total. The fourth-order valence-corrected chi connectivity index (χ4v) is 3.87. The molecule has 0 spiro atoms. The number of nitrogens with one attached hydrogen (secondary N) is 2. The highest BCUT2D eigenvalue weighted by Crippen LogP contribution is 2.18. The predicted molar refractivity (Wildman–Crippen MR) is 136 cm³/mol. The van der Waals surface area contributed by atoms with Gasteiger partial charge in [0.05, 0.1) is 25.1 Å². The highest BCUT2D eigenvalue weighted by atomic mass is 127. The Morgan fingerprint density at radius 1 is 1.10 bits per heavy atom. The van der Waals surface area contributed by atoms with Crippen LogP contribution in [0.1, 0.15) is 25.0 Å². The zero-order valence-electron chi connectivity index (χ0n) is 18.6. The van der Waals surface area contributed by atoms with Gasteiger partial charge in [0.2, 0.25) is 0 Å². The highest BCUT2D eigenvalue weighted by Gasteiger charge is 2.11. The molecule has 9 heteroatoms. The number of methoxy groups -OCH3 is 1. The Bertz CT molecular complexity index is 963. The topological polar surface area (TPSA) is 89.0 Å². The lowest BCUT2D eigenvalue weighted by molar-refractivity contribution is 0.223. The van der Waals surface area contributed by atoms with Gasteiger partial charge >= 0.3 is 0 Å². The van der Waals surface area contributed by atoms with Crippen molar-refractivity contribution in [2.45, 2.75) is 38.3 Å². The van der Waals surface area contributed by atoms with E-state index in [0.29, 0.717) is 23.9 Å². The molecule has 1 atom stereocenters. The Morgan fingerprint density at radius 2 is 1.74 bits per heavy atom. The molecular weight excluding hydrogens is 529 g/mol. The summed E-state index contributed by atoms with van der Waals surface area (Å²) < 4.78 is 34.6. The van der Waals surface area contributed by atoms with Crippen molar-refractivity contribution in [3.63, 3.8) is 0 Å². The first-order valence-electron chi connectivity index (χ1n) is 9.85. The van der Waals surface area contributed by atoms with Crippen LogP contribution in [-0.4, -0.2) is 46.9 Å². The van der Waals surface area contributed by atoms with Gasteiger partial charge in [0, 0.05) is 12.8 Å². The summed E-state index contributed by atoms with van der Waals surface area (Å²) in [5.41, 5.74) is 1.67. The van der Waals surface area contributed by atoms with Gasteiger partial charge in [-0.05, 0) is 62.2 Å². The fraction of sp³-hybridized carbons (Fsp3) is 0.409. The van der Waals surface area contributed by atoms with Crippen LogP contribution in [0, 0.1) is 6.92 Å². The smallest absolute Gasteiger partial charge is 0.191 e. The van der Waals surface area contributed by atoms with E-state index < -0.39 is 9.84 Å². The van der Waals surface area contributed by atoms with E-state index in [1.165, 1.54) is 6.26 Å². The Balaban J connectivity index is 0.00000480. The molecule has 1 unspecified atom stereocenters. The second-order valence-corrected chi connectivity index (χ2v) is 9.04. The average Bonchev–Trinajstić information content (AvgIpc) is 2.69. The molecule has 0 aliphatic rings. The number of hydrogen-bond acceptors (Lipinski definition) is 5. The molecule has 2 aromatic carbocycles. The second-order valence-electron chi connectivity index (χ2n) is 7.05. The summed E-state index contributed by atoms with van der Waals surface area (Å²) in [6.45, 7) is 7.52. The maximum atomic E-state index is 11.8. The average molecular weight is 561 g/mol. The van der Waals surface area contributed by atoms with Crippen LogP contribution in [0.15, 0.2) is 52.4 Å². The number of aliphatic imine (C=N–C) groups is 1. The van der Waals surface area contributed by atoms with Gasteiger partial charge in [-0.25, -0.2) is 13.4 Å². The molecule has 0 saturated carbocycles. The van der Waals surface area contributed by atoms with Crippen molar-refractivity contribution in [1.29, 1.82) is 0 Å². The summed E-state index contributed by atoms with van der Waals surface area (Å²) in [6.07, 6.45) is 1.15. The molecule has 0 radical (unpaired) electrons. The molecule has 2 rings (SSSR count). The van der Waals surface area contributed by atoms with Gasteiger partial charge in [-0.15, -0.1) is 24.0 Å². The molecule has 0 bridgehead atoms. The first-order valence-corrected chi connectivity index (χ1v) is 11.7. The van der Waals surface area contributed by atoms with Gasteiger partial charge in [-0.1, -0.05) is 12.1 Å². The van der Waals surface area contributed by atoms with Gasteiger partial charge in [-0.3, -0.25) is 0 Å². The van der Waals surface area contributed by atoms with E-state index >= 15 is 0 Å². The van der Waals surface area contributed by atoms with E-state index in [1.54, 1.807) is 26.2 Å². The van der Waals surface area contributed by atoms with Crippen molar-refractivity contribution in [3.8, 4) is 11.5 Å². The number of nitrogens with zero attached hydrogens (tertiary/aromatic N) is 1. The summed E-state index contributed by atoms with van der Waals surface area (Å²) in [5.74, 6) is 2.23. The molecule has 0 fully saturated rings. The number of benzene rings is 2. The van der Waals surface area contributed by atoms with Crippen LogP contribution in [0.25, 0.3) is 0 Å². The second kappa shape index (κ2) is 12.7. The van der Waals surface area contributed by atoms with Gasteiger partial charge < -0.3 is 20.1 Å². The SMILES string of the molecule is CCNC(=NCc1ccc(S(C)(=O)=O)c(C)c1)NCC(C)Oc1ccc(OC)cc1.I. The molecule has 0 aliphatic heterocycles. The largest absolute Gasteiger partial charge is 0.497 e. The fourth-order valence-electron chi connectivity index (χ4n) is 2.91. The number of aryl methyl sites for hydroxylation is 1. The van der Waals surface area contributed by atoms with Crippen LogP contribution >= 0.6 is 24.0 Å². The summed E-state index contributed by atoms with van der Waals surface area (Å²) in [4.78, 5) is 4.94. The van der Waals surface area contributed by atoms with Crippen molar-refractivity contribution in [2.75, 3.05) is 26.5 Å². The maximum Gasteiger partial charge on any atom is 0.191 e. The number of sulfone groups is 1. The lowest BCUT2D eigenvalue weighted by atomic mass is 10.1. The zero-order chi connectivity index (χ0) is 22.1. The van der Waals surface area contributed by atoms with Gasteiger partial charge in [0.1, 0.15) is 17.6 Å². The third-order valence-electron chi connectivity index (χ3n) is 4.36. The van der Waals surface area contributed by atoms with E-state index in [0.717, 1.165) is 29.2 Å². The summed E-state index contributed by atoms with van der Waals surface area (Å²) in [6, 6.07) is 12.8. The lowest BCUT2D eigenvalue weighted by Gasteiger charge is -2.18. The van der Waals surface area contributed by atoms with E-state index in [2.05, 4.69) is 15.6 Å². The minimum Gasteiger partial charge on any atom is -0.497 e. The van der Waals surface area contributed by atoms with Crippen LogP contribution in [0.3, 0.4) is 0 Å².